The lowest BCUT2D eigenvalue weighted by Crippen LogP contribution is -2.38. The first-order chi connectivity index (χ1) is 16.3. The molecule has 2 aromatic rings. The van der Waals surface area contributed by atoms with Gasteiger partial charge in [0, 0.05) is 11.8 Å². The maximum Gasteiger partial charge on any atom is 0.335 e. The minimum absolute atomic E-state index is 0.0127. The molecule has 184 valence electrons. The van der Waals surface area contributed by atoms with Crippen molar-refractivity contribution in [3.63, 3.8) is 0 Å². The third-order valence-corrected chi connectivity index (χ3v) is 6.48. The molecule has 0 saturated heterocycles. The second-order valence-electron chi connectivity index (χ2n) is 9.28. The molecule has 1 saturated carbocycles. The van der Waals surface area contributed by atoms with Gasteiger partial charge in [-0.1, -0.05) is 45.7 Å². The molecular weight excluding hydrogens is 434 g/mol. The molecule has 0 aromatic heterocycles. The van der Waals surface area contributed by atoms with Crippen LogP contribution in [0.4, 0.5) is 5.69 Å². The molecule has 0 bridgehead atoms. The Balaban J connectivity index is 1.58. The van der Waals surface area contributed by atoms with Crippen LogP contribution in [-0.2, 0) is 16.1 Å². The summed E-state index contributed by atoms with van der Waals surface area (Å²) < 4.78 is 17.3. The number of hydrogen-bond donors (Lipinski definition) is 2. The fourth-order valence-electron chi connectivity index (χ4n) is 4.82. The largest absolute Gasteiger partial charge is 0.493 e. The summed E-state index contributed by atoms with van der Waals surface area (Å²) in [5.74, 6) is 1.41. The number of benzene rings is 2. The van der Waals surface area contributed by atoms with Gasteiger partial charge in [-0.25, -0.2) is 4.79 Å². The summed E-state index contributed by atoms with van der Waals surface area (Å²) in [5.41, 5.74) is 1.62. The highest BCUT2D eigenvalue weighted by atomic mass is 16.5. The van der Waals surface area contributed by atoms with E-state index in [1.54, 1.807) is 37.4 Å². The molecule has 1 fully saturated rings. The summed E-state index contributed by atoms with van der Waals surface area (Å²) in [5, 5.41) is 11.9. The lowest BCUT2D eigenvalue weighted by atomic mass is 9.72. The number of ether oxygens (including phenoxy) is 3. The maximum absolute atomic E-state index is 12.6. The Morgan fingerprint density at radius 2 is 1.82 bits per heavy atom. The predicted octanol–water partition coefficient (Wildman–Crippen LogP) is 5.39. The number of carbonyl (C=O) groups excluding carboxylic acids is 1. The molecule has 3 rings (SSSR count). The van der Waals surface area contributed by atoms with Crippen molar-refractivity contribution in [3.8, 4) is 11.5 Å². The molecule has 7 heteroatoms. The van der Waals surface area contributed by atoms with E-state index in [1.807, 2.05) is 0 Å². The predicted molar refractivity (Wildman–Crippen MR) is 130 cm³/mol. The number of hydrogen-bond acceptors (Lipinski definition) is 5. The number of nitrogens with one attached hydrogen (secondary N) is 1. The van der Waals surface area contributed by atoms with E-state index >= 15 is 0 Å². The molecule has 1 aliphatic rings. The summed E-state index contributed by atoms with van der Waals surface area (Å²) in [6.07, 6.45) is 3.45. The van der Waals surface area contributed by atoms with Crippen LogP contribution in [0.3, 0.4) is 0 Å². The smallest absolute Gasteiger partial charge is 0.335 e. The lowest BCUT2D eigenvalue weighted by Gasteiger charge is -2.38. The number of methoxy groups -OCH3 is 1. The topological polar surface area (TPSA) is 94.1 Å². The van der Waals surface area contributed by atoms with Crippen LogP contribution in [0.15, 0.2) is 42.5 Å². The van der Waals surface area contributed by atoms with Crippen LogP contribution in [0.25, 0.3) is 0 Å². The van der Waals surface area contributed by atoms with E-state index in [0.717, 1.165) is 18.4 Å². The summed E-state index contributed by atoms with van der Waals surface area (Å²) in [4.78, 5) is 23.6. The number of carboxylic acid groups (broad SMARTS) is 1. The van der Waals surface area contributed by atoms with Crippen LogP contribution >= 0.6 is 0 Å². The highest BCUT2D eigenvalue weighted by Gasteiger charge is 2.33. The highest BCUT2D eigenvalue weighted by Crippen LogP contribution is 2.37. The summed E-state index contributed by atoms with van der Waals surface area (Å²) in [6.45, 7) is 6.97. The van der Waals surface area contributed by atoms with E-state index in [2.05, 4.69) is 26.1 Å². The molecule has 34 heavy (non-hydrogen) atoms. The first kappa shape index (κ1) is 25.6. The van der Waals surface area contributed by atoms with E-state index in [0.29, 0.717) is 34.9 Å². The number of anilines is 1. The van der Waals surface area contributed by atoms with Crippen molar-refractivity contribution < 1.29 is 28.9 Å². The number of carboxylic acids is 1. The highest BCUT2D eigenvalue weighted by molar-refractivity contribution is 5.92. The van der Waals surface area contributed by atoms with Crippen LogP contribution < -0.4 is 14.8 Å². The van der Waals surface area contributed by atoms with E-state index < -0.39 is 5.97 Å². The van der Waals surface area contributed by atoms with E-state index in [-0.39, 0.29) is 30.8 Å². The van der Waals surface area contributed by atoms with Gasteiger partial charge in [0.25, 0.3) is 0 Å². The molecule has 0 radical (unpaired) electrons. The van der Waals surface area contributed by atoms with Gasteiger partial charge in [0.1, 0.15) is 13.2 Å². The van der Waals surface area contributed by atoms with Gasteiger partial charge in [0.15, 0.2) is 11.5 Å². The molecule has 3 unspecified atom stereocenters. The normalized spacial score (nSPS) is 20.1. The zero-order valence-corrected chi connectivity index (χ0v) is 20.4. The van der Waals surface area contributed by atoms with Crippen molar-refractivity contribution in [1.82, 2.24) is 0 Å². The number of carbonyl (C=O) groups is 2. The zero-order valence-electron chi connectivity index (χ0n) is 20.4. The van der Waals surface area contributed by atoms with Crippen molar-refractivity contribution in [1.29, 1.82) is 0 Å². The summed E-state index contributed by atoms with van der Waals surface area (Å²) >= 11 is 0. The minimum Gasteiger partial charge on any atom is -0.493 e. The van der Waals surface area contributed by atoms with Crippen molar-refractivity contribution in [3.05, 3.63) is 53.6 Å². The Morgan fingerprint density at radius 1 is 1.09 bits per heavy atom. The van der Waals surface area contributed by atoms with E-state index in [9.17, 15) is 9.59 Å². The van der Waals surface area contributed by atoms with Crippen LogP contribution in [-0.4, -0.2) is 36.8 Å². The molecular formula is C27H35NO6. The van der Waals surface area contributed by atoms with Gasteiger partial charge in [-0.2, -0.15) is 0 Å². The number of amides is 1. The summed E-state index contributed by atoms with van der Waals surface area (Å²) in [6, 6.07) is 11.7. The molecule has 7 nitrogen and oxygen atoms in total. The molecule has 0 spiro atoms. The Kier molecular flexibility index (Phi) is 8.93. The first-order valence-electron chi connectivity index (χ1n) is 11.8. The van der Waals surface area contributed by atoms with Gasteiger partial charge >= 0.3 is 5.97 Å². The van der Waals surface area contributed by atoms with Crippen molar-refractivity contribution in [2.24, 2.45) is 17.8 Å². The fourth-order valence-corrected chi connectivity index (χ4v) is 4.82. The fraction of sp³-hybridized carbons (Fsp3) is 0.481. The van der Waals surface area contributed by atoms with Crippen LogP contribution in [0.5, 0.6) is 11.5 Å². The van der Waals surface area contributed by atoms with Crippen LogP contribution in [0, 0.1) is 17.8 Å². The molecule has 1 amide bonds. The van der Waals surface area contributed by atoms with Crippen molar-refractivity contribution >= 4 is 17.6 Å². The van der Waals surface area contributed by atoms with E-state index in [1.165, 1.54) is 18.6 Å². The third kappa shape index (κ3) is 6.73. The minimum atomic E-state index is -0.973. The monoisotopic (exact) mass is 469 g/mol. The van der Waals surface area contributed by atoms with Crippen molar-refractivity contribution in [2.45, 2.75) is 52.7 Å². The number of aromatic carboxylic acids is 1. The SMILES string of the molecule is COc1ccc(NC(=O)COC2CCCC(C)C2C(C)C)cc1OCc1ccc(C(=O)O)cc1. The average molecular weight is 470 g/mol. The Hall–Kier alpha value is -3.06. The quantitative estimate of drug-likeness (QED) is 0.485. The molecule has 2 N–H and O–H groups in total. The van der Waals surface area contributed by atoms with Gasteiger partial charge in [0.05, 0.1) is 18.8 Å². The molecule has 2 aromatic carbocycles. The second-order valence-corrected chi connectivity index (χ2v) is 9.28. The molecule has 0 aliphatic heterocycles. The summed E-state index contributed by atoms with van der Waals surface area (Å²) in [7, 11) is 1.55. The first-order valence-corrected chi connectivity index (χ1v) is 11.8. The maximum atomic E-state index is 12.6. The van der Waals surface area contributed by atoms with Crippen LogP contribution in [0.1, 0.15) is 56.0 Å². The van der Waals surface area contributed by atoms with Crippen LogP contribution in [0.2, 0.25) is 0 Å². The van der Waals surface area contributed by atoms with Gasteiger partial charge in [0.2, 0.25) is 5.91 Å². The number of rotatable bonds is 10. The lowest BCUT2D eigenvalue weighted by molar-refractivity contribution is -0.126. The van der Waals surface area contributed by atoms with Gasteiger partial charge in [-0.15, -0.1) is 0 Å². The third-order valence-electron chi connectivity index (χ3n) is 6.48. The van der Waals surface area contributed by atoms with Gasteiger partial charge < -0.3 is 24.6 Å². The zero-order chi connectivity index (χ0) is 24.7. The second kappa shape index (κ2) is 11.9. The van der Waals surface area contributed by atoms with Crippen molar-refractivity contribution in [2.75, 3.05) is 19.0 Å². The molecule has 0 heterocycles. The van der Waals surface area contributed by atoms with E-state index in [4.69, 9.17) is 19.3 Å². The standard InChI is InChI=1S/C27H35NO6/c1-17(2)26-18(3)6-5-7-23(26)34-16-25(29)28-21-12-13-22(32-4)24(14-21)33-15-19-8-10-20(11-9-19)27(30)31/h8-14,17-18,23,26H,5-7,15-16H2,1-4H3,(H,28,29)(H,30,31). The molecule has 3 atom stereocenters. The Morgan fingerprint density at radius 3 is 2.47 bits per heavy atom. The van der Waals surface area contributed by atoms with Gasteiger partial charge in [-0.3, -0.25) is 4.79 Å². The average Bonchev–Trinajstić information content (AvgIpc) is 2.81. The Bertz CT molecular complexity index is 972. The Labute approximate surface area is 201 Å². The van der Waals surface area contributed by atoms with Gasteiger partial charge in [-0.05, 0) is 54.0 Å². The molecule has 1 aliphatic carbocycles.